The number of carbonyl (C=O) groups excluding carboxylic acids is 2. The third-order valence-corrected chi connectivity index (χ3v) is 9.07. The highest BCUT2D eigenvalue weighted by Gasteiger charge is 2.34. The molecule has 3 aromatic carbocycles. The minimum absolute atomic E-state index is 0.0199. The van der Waals surface area contributed by atoms with Crippen molar-refractivity contribution in [1.82, 2.24) is 10.2 Å². The summed E-state index contributed by atoms with van der Waals surface area (Å²) in [5.41, 5.74) is 0.789. The molecule has 0 spiro atoms. The molecule has 226 valence electrons. The number of carbonyl (C=O) groups is 2. The van der Waals surface area contributed by atoms with Crippen LogP contribution in [-0.2, 0) is 26.2 Å². The molecular weight excluding hydrogens is 621 g/mol. The van der Waals surface area contributed by atoms with Crippen molar-refractivity contribution in [1.29, 1.82) is 0 Å². The predicted molar refractivity (Wildman–Crippen MR) is 168 cm³/mol. The number of benzene rings is 3. The summed E-state index contributed by atoms with van der Waals surface area (Å²) in [4.78, 5) is 28.5. The van der Waals surface area contributed by atoms with E-state index >= 15 is 0 Å². The minimum Gasteiger partial charge on any atom is -0.492 e. The Kier molecular flexibility index (Phi) is 11.9. The molecule has 0 heterocycles. The van der Waals surface area contributed by atoms with Gasteiger partial charge >= 0.3 is 0 Å². The van der Waals surface area contributed by atoms with E-state index in [4.69, 9.17) is 39.5 Å². The first kappa shape index (κ1) is 33.5. The zero-order valence-electron chi connectivity index (χ0n) is 23.8. The maximum atomic E-state index is 14.1. The van der Waals surface area contributed by atoms with E-state index < -0.39 is 28.5 Å². The fraction of sp³-hybridized carbons (Fsp3) is 0.333. The number of hydrogen-bond donors (Lipinski definition) is 1. The summed E-state index contributed by atoms with van der Waals surface area (Å²) in [6.45, 7) is 7.34. The van der Waals surface area contributed by atoms with Gasteiger partial charge in [-0.15, -0.1) is 0 Å². The maximum Gasteiger partial charge on any atom is 0.264 e. The lowest BCUT2D eigenvalue weighted by Gasteiger charge is -2.32. The fourth-order valence-corrected chi connectivity index (χ4v) is 5.93. The lowest BCUT2D eigenvalue weighted by molar-refractivity contribution is -0.139. The first-order chi connectivity index (χ1) is 19.8. The highest BCUT2D eigenvalue weighted by molar-refractivity contribution is 7.92. The number of halogens is 3. The zero-order chi connectivity index (χ0) is 31.0. The van der Waals surface area contributed by atoms with Crippen LogP contribution in [0.15, 0.2) is 71.6 Å². The molecule has 0 unspecified atom stereocenters. The van der Waals surface area contributed by atoms with Crippen LogP contribution < -0.4 is 14.4 Å². The van der Waals surface area contributed by atoms with E-state index in [2.05, 4.69) is 5.32 Å². The summed E-state index contributed by atoms with van der Waals surface area (Å²) in [7, 11) is -4.28. The molecule has 3 aromatic rings. The van der Waals surface area contributed by atoms with Gasteiger partial charge in [-0.25, -0.2) is 8.42 Å². The Morgan fingerprint density at radius 2 is 1.60 bits per heavy atom. The van der Waals surface area contributed by atoms with E-state index in [0.717, 1.165) is 4.31 Å². The number of nitrogens with one attached hydrogen (secondary N) is 1. The van der Waals surface area contributed by atoms with E-state index in [1.165, 1.54) is 29.2 Å². The smallest absolute Gasteiger partial charge is 0.264 e. The Hall–Kier alpha value is -2.98. The molecule has 0 bridgehead atoms. The highest BCUT2D eigenvalue weighted by atomic mass is 35.5. The van der Waals surface area contributed by atoms with Gasteiger partial charge in [-0.3, -0.25) is 13.9 Å². The van der Waals surface area contributed by atoms with Gasteiger partial charge in [0.1, 0.15) is 18.3 Å². The molecule has 12 heteroatoms. The second-order valence-corrected chi connectivity index (χ2v) is 13.1. The Labute approximate surface area is 262 Å². The van der Waals surface area contributed by atoms with Crippen molar-refractivity contribution in [2.45, 2.75) is 45.2 Å². The van der Waals surface area contributed by atoms with Crippen LogP contribution in [0.4, 0.5) is 5.69 Å². The third-order valence-electron chi connectivity index (χ3n) is 6.30. The first-order valence-corrected chi connectivity index (χ1v) is 15.9. The highest BCUT2D eigenvalue weighted by Crippen LogP contribution is 2.33. The fourth-order valence-electron chi connectivity index (χ4n) is 4.06. The van der Waals surface area contributed by atoms with Crippen molar-refractivity contribution in [3.05, 3.63) is 87.4 Å². The third kappa shape index (κ3) is 8.53. The number of para-hydroxylation sites is 2. The number of ether oxygens (including phenoxy) is 1. The Balaban J connectivity index is 2.08. The number of amides is 2. The van der Waals surface area contributed by atoms with E-state index in [1.807, 2.05) is 13.8 Å². The maximum absolute atomic E-state index is 14.1. The molecule has 3 rings (SSSR count). The van der Waals surface area contributed by atoms with Crippen molar-refractivity contribution >= 4 is 62.3 Å². The molecule has 8 nitrogen and oxygen atoms in total. The second-order valence-electron chi connectivity index (χ2n) is 9.95. The number of rotatable bonds is 13. The summed E-state index contributed by atoms with van der Waals surface area (Å²) in [5, 5.41) is 3.84. The van der Waals surface area contributed by atoms with E-state index in [-0.39, 0.29) is 46.3 Å². The Morgan fingerprint density at radius 1 is 0.929 bits per heavy atom. The van der Waals surface area contributed by atoms with Crippen LogP contribution in [0.5, 0.6) is 5.75 Å². The van der Waals surface area contributed by atoms with E-state index in [9.17, 15) is 18.0 Å². The summed E-state index contributed by atoms with van der Waals surface area (Å²) in [6, 6.07) is 16.2. The monoisotopic (exact) mass is 653 g/mol. The van der Waals surface area contributed by atoms with Crippen LogP contribution in [0.3, 0.4) is 0 Å². The molecule has 0 saturated carbocycles. The molecule has 0 aliphatic carbocycles. The summed E-state index contributed by atoms with van der Waals surface area (Å²) < 4.78 is 34.8. The topological polar surface area (TPSA) is 96.0 Å². The number of sulfonamides is 1. The molecule has 0 radical (unpaired) electrons. The van der Waals surface area contributed by atoms with Crippen molar-refractivity contribution in [3.63, 3.8) is 0 Å². The average molecular weight is 655 g/mol. The van der Waals surface area contributed by atoms with Gasteiger partial charge in [-0.2, -0.15) is 0 Å². The van der Waals surface area contributed by atoms with E-state index in [1.54, 1.807) is 56.3 Å². The van der Waals surface area contributed by atoms with Crippen molar-refractivity contribution in [2.75, 3.05) is 24.0 Å². The number of hydrogen-bond acceptors (Lipinski definition) is 5. The zero-order valence-corrected chi connectivity index (χ0v) is 26.9. The molecule has 1 N–H and O–H groups in total. The molecule has 2 amide bonds. The number of nitrogens with zero attached hydrogens (tertiary/aromatic N) is 2. The van der Waals surface area contributed by atoms with Crippen LogP contribution in [0.25, 0.3) is 0 Å². The van der Waals surface area contributed by atoms with Gasteiger partial charge in [0.2, 0.25) is 11.8 Å². The molecule has 0 aliphatic heterocycles. The quantitative estimate of drug-likeness (QED) is 0.229. The summed E-state index contributed by atoms with van der Waals surface area (Å²) in [5.74, 6) is -0.518. The van der Waals surface area contributed by atoms with Crippen molar-refractivity contribution < 1.29 is 22.7 Å². The van der Waals surface area contributed by atoms with Gasteiger partial charge in [0.05, 0.1) is 27.2 Å². The van der Waals surface area contributed by atoms with E-state index in [0.29, 0.717) is 22.2 Å². The standard InChI is InChI=1S/C30H34Cl3N3O5S/c1-5-41-28-9-7-6-8-27(28)36(42(39,40)24-13-11-23(31)12-14-24)19-29(37)35(21(4)30(38)34-17-20(2)3)18-22-10-15-25(32)26(33)16-22/h6-16,20-21H,5,17-19H2,1-4H3,(H,34,38)/t21-/m1/s1. The summed E-state index contributed by atoms with van der Waals surface area (Å²) in [6.07, 6.45) is 0. The lowest BCUT2D eigenvalue weighted by Crippen LogP contribution is -2.51. The van der Waals surface area contributed by atoms with Gasteiger partial charge in [-0.05, 0) is 73.9 Å². The summed E-state index contributed by atoms with van der Waals surface area (Å²) >= 11 is 18.3. The average Bonchev–Trinajstić information content (AvgIpc) is 2.95. The SMILES string of the molecule is CCOc1ccccc1N(CC(=O)N(Cc1ccc(Cl)c(Cl)c1)[C@H](C)C(=O)NCC(C)C)S(=O)(=O)c1ccc(Cl)cc1. The molecule has 1 atom stereocenters. The molecule has 0 aliphatic rings. The van der Waals surface area contributed by atoms with Crippen LogP contribution >= 0.6 is 34.8 Å². The molecular formula is C30H34Cl3N3O5S. The Morgan fingerprint density at radius 3 is 2.21 bits per heavy atom. The predicted octanol–water partition coefficient (Wildman–Crippen LogP) is 6.43. The first-order valence-electron chi connectivity index (χ1n) is 13.4. The molecule has 0 saturated heterocycles. The minimum atomic E-state index is -4.28. The normalized spacial score (nSPS) is 12.1. The van der Waals surface area contributed by atoms with Crippen LogP contribution in [0.1, 0.15) is 33.3 Å². The molecule has 0 aromatic heterocycles. The largest absolute Gasteiger partial charge is 0.492 e. The van der Waals surface area contributed by atoms with Crippen LogP contribution in [-0.4, -0.2) is 50.9 Å². The van der Waals surface area contributed by atoms with Gasteiger partial charge < -0.3 is 15.0 Å². The van der Waals surface area contributed by atoms with Crippen LogP contribution in [0.2, 0.25) is 15.1 Å². The van der Waals surface area contributed by atoms with Gasteiger partial charge in [0, 0.05) is 18.1 Å². The lowest BCUT2D eigenvalue weighted by atomic mass is 10.1. The Bertz CT molecular complexity index is 1500. The molecule has 42 heavy (non-hydrogen) atoms. The van der Waals surface area contributed by atoms with Gasteiger partial charge in [0.15, 0.2) is 0 Å². The van der Waals surface area contributed by atoms with Gasteiger partial charge in [0.25, 0.3) is 10.0 Å². The van der Waals surface area contributed by atoms with Gasteiger partial charge in [-0.1, -0.05) is 66.8 Å². The number of anilines is 1. The van der Waals surface area contributed by atoms with Crippen molar-refractivity contribution in [2.24, 2.45) is 5.92 Å². The van der Waals surface area contributed by atoms with Crippen molar-refractivity contribution in [3.8, 4) is 5.75 Å². The van der Waals surface area contributed by atoms with Crippen LogP contribution in [0, 0.1) is 5.92 Å². The second kappa shape index (κ2) is 15.0. The molecule has 0 fully saturated rings.